The highest BCUT2D eigenvalue weighted by atomic mass is 16.5. The summed E-state index contributed by atoms with van der Waals surface area (Å²) in [7, 11) is 3.72. The molecule has 0 spiro atoms. The Labute approximate surface area is 109 Å². The Balaban J connectivity index is 2.44. The first kappa shape index (κ1) is 13.0. The van der Waals surface area contributed by atoms with Gasteiger partial charge in [-0.2, -0.15) is 0 Å². The van der Waals surface area contributed by atoms with E-state index in [2.05, 4.69) is 36.3 Å². The molecule has 0 atom stereocenters. The van der Waals surface area contributed by atoms with Gasteiger partial charge in [0.15, 0.2) is 0 Å². The summed E-state index contributed by atoms with van der Waals surface area (Å²) >= 11 is 0. The molecule has 0 fully saturated rings. The predicted octanol–water partition coefficient (Wildman–Crippen LogP) is 2.95. The first-order chi connectivity index (χ1) is 8.67. The number of aromatic amines is 1. The van der Waals surface area contributed by atoms with E-state index >= 15 is 0 Å². The largest absolute Gasteiger partial charge is 0.497 e. The minimum Gasteiger partial charge on any atom is -0.497 e. The van der Waals surface area contributed by atoms with Crippen LogP contribution in [0.4, 0.5) is 0 Å². The number of hydrogen-bond acceptors (Lipinski definition) is 2. The van der Waals surface area contributed by atoms with E-state index in [0.717, 1.165) is 25.1 Å². The molecule has 0 aliphatic heterocycles. The lowest BCUT2D eigenvalue weighted by Gasteiger charge is -2.05. The fourth-order valence-electron chi connectivity index (χ4n) is 2.50. The van der Waals surface area contributed by atoms with E-state index < -0.39 is 0 Å². The molecule has 3 heteroatoms. The molecule has 0 aliphatic rings. The Bertz CT molecular complexity index is 543. The minimum absolute atomic E-state index is 0.939. The number of aryl methyl sites for hydroxylation is 3. The maximum absolute atomic E-state index is 5.37. The van der Waals surface area contributed by atoms with Gasteiger partial charge in [-0.15, -0.1) is 0 Å². The van der Waals surface area contributed by atoms with E-state index in [1.807, 2.05) is 7.05 Å². The number of methoxy groups -OCH3 is 1. The van der Waals surface area contributed by atoms with Crippen molar-refractivity contribution in [1.29, 1.82) is 0 Å². The van der Waals surface area contributed by atoms with Crippen LogP contribution in [0.25, 0.3) is 10.9 Å². The van der Waals surface area contributed by atoms with Crippen molar-refractivity contribution in [1.82, 2.24) is 10.3 Å². The van der Waals surface area contributed by atoms with E-state index in [4.69, 9.17) is 4.74 Å². The lowest BCUT2D eigenvalue weighted by molar-refractivity contribution is 0.415. The third kappa shape index (κ3) is 2.36. The van der Waals surface area contributed by atoms with Gasteiger partial charge >= 0.3 is 0 Å². The molecule has 2 rings (SSSR count). The molecule has 0 radical (unpaired) electrons. The molecule has 0 saturated carbocycles. The number of H-pyrrole nitrogens is 1. The lowest BCUT2D eigenvalue weighted by Crippen LogP contribution is -2.08. The highest BCUT2D eigenvalue weighted by molar-refractivity contribution is 5.88. The molecule has 3 nitrogen and oxygen atoms in total. The molecule has 0 bridgehead atoms. The Morgan fingerprint density at radius 3 is 2.72 bits per heavy atom. The first-order valence-corrected chi connectivity index (χ1v) is 6.47. The second-order valence-corrected chi connectivity index (χ2v) is 4.80. The van der Waals surface area contributed by atoms with Crippen LogP contribution in [-0.4, -0.2) is 25.7 Å². The van der Waals surface area contributed by atoms with Gasteiger partial charge in [0, 0.05) is 16.6 Å². The molecule has 0 saturated heterocycles. The summed E-state index contributed by atoms with van der Waals surface area (Å²) in [4.78, 5) is 3.50. The highest BCUT2D eigenvalue weighted by Gasteiger charge is 2.11. The quantitative estimate of drug-likeness (QED) is 0.796. The summed E-state index contributed by atoms with van der Waals surface area (Å²) in [6.45, 7) is 5.33. The van der Waals surface area contributed by atoms with Gasteiger partial charge in [0.2, 0.25) is 0 Å². The number of aromatic nitrogens is 1. The topological polar surface area (TPSA) is 37.0 Å². The van der Waals surface area contributed by atoms with E-state index in [0.29, 0.717) is 0 Å². The maximum atomic E-state index is 5.37. The molecule has 1 heterocycles. The van der Waals surface area contributed by atoms with Crippen molar-refractivity contribution in [2.45, 2.75) is 26.7 Å². The van der Waals surface area contributed by atoms with Gasteiger partial charge in [-0.05, 0) is 63.5 Å². The van der Waals surface area contributed by atoms with Crippen LogP contribution in [0.2, 0.25) is 0 Å². The van der Waals surface area contributed by atoms with Crippen molar-refractivity contribution >= 4 is 10.9 Å². The number of nitrogens with one attached hydrogen (secondary N) is 2. The molecule has 18 heavy (non-hydrogen) atoms. The molecule has 1 aromatic carbocycles. The van der Waals surface area contributed by atoms with Gasteiger partial charge in [0.05, 0.1) is 7.11 Å². The molecular weight excluding hydrogens is 224 g/mol. The Hall–Kier alpha value is -1.48. The van der Waals surface area contributed by atoms with E-state index in [-0.39, 0.29) is 0 Å². The fraction of sp³-hybridized carbons (Fsp3) is 0.467. The Kier molecular flexibility index (Phi) is 3.92. The molecule has 0 amide bonds. The monoisotopic (exact) mass is 246 g/mol. The normalized spacial score (nSPS) is 11.1. The van der Waals surface area contributed by atoms with Gasteiger partial charge in [0.25, 0.3) is 0 Å². The van der Waals surface area contributed by atoms with Crippen LogP contribution >= 0.6 is 0 Å². The highest BCUT2D eigenvalue weighted by Crippen LogP contribution is 2.30. The molecule has 2 aromatic rings. The van der Waals surface area contributed by atoms with Crippen molar-refractivity contribution in [2.75, 3.05) is 20.7 Å². The average Bonchev–Trinajstić information content (AvgIpc) is 2.67. The van der Waals surface area contributed by atoms with Crippen molar-refractivity contribution in [3.63, 3.8) is 0 Å². The van der Waals surface area contributed by atoms with Crippen LogP contribution < -0.4 is 10.1 Å². The molecule has 0 unspecified atom stereocenters. The standard InChI is InChI=1S/C15H22N2O/c1-10-8-12(18-4)9-14-13(6-5-7-16-3)11(2)17-15(10)14/h8-9,16-17H,5-7H2,1-4H3. The van der Waals surface area contributed by atoms with Crippen LogP contribution in [0.1, 0.15) is 23.2 Å². The van der Waals surface area contributed by atoms with Gasteiger partial charge in [0.1, 0.15) is 5.75 Å². The number of benzene rings is 1. The van der Waals surface area contributed by atoms with Crippen molar-refractivity contribution in [3.05, 3.63) is 29.0 Å². The third-order valence-electron chi connectivity index (χ3n) is 3.49. The Morgan fingerprint density at radius 1 is 1.28 bits per heavy atom. The van der Waals surface area contributed by atoms with Crippen molar-refractivity contribution in [3.8, 4) is 5.75 Å². The zero-order valence-corrected chi connectivity index (χ0v) is 11.7. The lowest BCUT2D eigenvalue weighted by atomic mass is 10.0. The minimum atomic E-state index is 0.939. The second kappa shape index (κ2) is 5.44. The average molecular weight is 246 g/mol. The van der Waals surface area contributed by atoms with Crippen LogP contribution in [0.5, 0.6) is 5.75 Å². The summed E-state index contributed by atoms with van der Waals surface area (Å²) in [6.07, 6.45) is 2.25. The summed E-state index contributed by atoms with van der Waals surface area (Å²) in [5.41, 5.74) is 5.18. The van der Waals surface area contributed by atoms with Gasteiger partial charge < -0.3 is 15.0 Å². The second-order valence-electron chi connectivity index (χ2n) is 4.80. The summed E-state index contributed by atoms with van der Waals surface area (Å²) in [6, 6.07) is 4.22. The van der Waals surface area contributed by atoms with E-state index in [9.17, 15) is 0 Å². The van der Waals surface area contributed by atoms with Crippen LogP contribution in [0.15, 0.2) is 12.1 Å². The molecule has 2 N–H and O–H groups in total. The smallest absolute Gasteiger partial charge is 0.119 e. The van der Waals surface area contributed by atoms with Crippen molar-refractivity contribution in [2.24, 2.45) is 0 Å². The SMILES string of the molecule is CNCCCc1c(C)[nH]c2c(C)cc(OC)cc12. The number of ether oxygens (including phenoxy) is 1. The molecule has 0 aliphatic carbocycles. The maximum Gasteiger partial charge on any atom is 0.119 e. The number of hydrogen-bond donors (Lipinski definition) is 2. The predicted molar refractivity (Wildman–Crippen MR) is 76.6 cm³/mol. The first-order valence-electron chi connectivity index (χ1n) is 6.47. The third-order valence-corrected chi connectivity index (χ3v) is 3.49. The van der Waals surface area contributed by atoms with Crippen LogP contribution in [-0.2, 0) is 6.42 Å². The van der Waals surface area contributed by atoms with Gasteiger partial charge in [-0.25, -0.2) is 0 Å². The Morgan fingerprint density at radius 2 is 2.06 bits per heavy atom. The molecule has 98 valence electrons. The molecule has 1 aromatic heterocycles. The number of rotatable bonds is 5. The van der Waals surface area contributed by atoms with Crippen LogP contribution in [0, 0.1) is 13.8 Å². The summed E-state index contributed by atoms with van der Waals surface area (Å²) in [5, 5.41) is 4.50. The zero-order chi connectivity index (χ0) is 13.1. The van der Waals surface area contributed by atoms with Gasteiger partial charge in [-0.3, -0.25) is 0 Å². The van der Waals surface area contributed by atoms with Gasteiger partial charge in [-0.1, -0.05) is 0 Å². The molecular formula is C15H22N2O. The summed E-state index contributed by atoms with van der Waals surface area (Å²) in [5.74, 6) is 0.939. The van der Waals surface area contributed by atoms with Crippen LogP contribution in [0.3, 0.4) is 0 Å². The van der Waals surface area contributed by atoms with E-state index in [1.165, 1.54) is 27.7 Å². The fourth-order valence-corrected chi connectivity index (χ4v) is 2.50. The van der Waals surface area contributed by atoms with Crippen molar-refractivity contribution < 1.29 is 4.74 Å². The van der Waals surface area contributed by atoms with E-state index in [1.54, 1.807) is 7.11 Å². The number of fused-ring (bicyclic) bond motifs is 1. The zero-order valence-electron chi connectivity index (χ0n) is 11.7. The summed E-state index contributed by atoms with van der Waals surface area (Å²) < 4.78 is 5.37.